The Morgan fingerprint density at radius 2 is 2.10 bits per heavy atom. The van der Waals surface area contributed by atoms with E-state index in [1.54, 1.807) is 4.90 Å². The van der Waals surface area contributed by atoms with E-state index in [9.17, 15) is 4.79 Å². The fourth-order valence-corrected chi connectivity index (χ4v) is 2.64. The van der Waals surface area contributed by atoms with Crippen molar-refractivity contribution in [2.75, 3.05) is 31.6 Å². The molecule has 1 fully saturated rings. The Bertz CT molecular complexity index is 639. The van der Waals surface area contributed by atoms with Crippen LogP contribution in [0.1, 0.15) is 0 Å². The summed E-state index contributed by atoms with van der Waals surface area (Å²) >= 11 is 0. The minimum absolute atomic E-state index is 0.0614. The van der Waals surface area contributed by atoms with Crippen molar-refractivity contribution in [2.45, 2.75) is 6.04 Å². The number of ether oxygens (including phenoxy) is 1. The monoisotopic (exact) mass is 285 g/mol. The van der Waals surface area contributed by atoms with Crippen LogP contribution in [0.2, 0.25) is 0 Å². The SMILES string of the molecule is NCC1COCCN1C(=O)Nc1cccc2ccccc12. The molecule has 5 nitrogen and oxygen atoms in total. The van der Waals surface area contributed by atoms with Crippen molar-refractivity contribution in [1.82, 2.24) is 4.90 Å². The Morgan fingerprint density at radius 3 is 2.95 bits per heavy atom. The minimum Gasteiger partial charge on any atom is -0.377 e. The van der Waals surface area contributed by atoms with Crippen LogP contribution in [0.4, 0.5) is 10.5 Å². The lowest BCUT2D eigenvalue weighted by Gasteiger charge is -2.34. The number of carbonyl (C=O) groups is 1. The highest BCUT2D eigenvalue weighted by atomic mass is 16.5. The predicted octanol–water partition coefficient (Wildman–Crippen LogP) is 2.03. The van der Waals surface area contributed by atoms with Gasteiger partial charge < -0.3 is 20.7 Å². The Morgan fingerprint density at radius 1 is 1.29 bits per heavy atom. The van der Waals surface area contributed by atoms with Crippen LogP contribution < -0.4 is 11.1 Å². The molecule has 5 heteroatoms. The molecule has 1 aliphatic heterocycles. The van der Waals surface area contributed by atoms with Crippen LogP contribution in [0.25, 0.3) is 10.8 Å². The van der Waals surface area contributed by atoms with E-state index in [-0.39, 0.29) is 12.1 Å². The van der Waals surface area contributed by atoms with Crippen LogP contribution >= 0.6 is 0 Å². The van der Waals surface area contributed by atoms with Crippen molar-refractivity contribution < 1.29 is 9.53 Å². The predicted molar refractivity (Wildman–Crippen MR) is 83.3 cm³/mol. The molecule has 0 bridgehead atoms. The standard InChI is InChI=1S/C16H19N3O2/c17-10-13-11-21-9-8-19(13)16(20)18-15-7-3-5-12-4-1-2-6-14(12)15/h1-7,13H,8-11,17H2,(H,18,20). The third kappa shape index (κ3) is 2.84. The van der Waals surface area contributed by atoms with Gasteiger partial charge in [0.2, 0.25) is 0 Å². The zero-order valence-electron chi connectivity index (χ0n) is 11.8. The number of amides is 2. The van der Waals surface area contributed by atoms with Crippen molar-refractivity contribution in [1.29, 1.82) is 0 Å². The molecule has 0 aliphatic carbocycles. The molecule has 3 rings (SSSR count). The Labute approximate surface area is 123 Å². The van der Waals surface area contributed by atoms with Gasteiger partial charge >= 0.3 is 6.03 Å². The molecule has 110 valence electrons. The summed E-state index contributed by atoms with van der Waals surface area (Å²) in [5, 5.41) is 5.13. The molecule has 0 saturated carbocycles. The van der Waals surface area contributed by atoms with E-state index >= 15 is 0 Å². The molecule has 0 spiro atoms. The molecule has 3 N–H and O–H groups in total. The Hall–Kier alpha value is -2.11. The minimum atomic E-state index is -0.120. The first kappa shape index (κ1) is 13.9. The van der Waals surface area contributed by atoms with Gasteiger partial charge in [-0.2, -0.15) is 0 Å². The number of anilines is 1. The van der Waals surface area contributed by atoms with Crippen molar-refractivity contribution in [2.24, 2.45) is 5.73 Å². The summed E-state index contributed by atoms with van der Waals surface area (Å²) in [5.74, 6) is 0. The smallest absolute Gasteiger partial charge is 0.322 e. The normalized spacial score (nSPS) is 18.7. The fraction of sp³-hybridized carbons (Fsp3) is 0.312. The van der Waals surface area contributed by atoms with Crippen LogP contribution in [0.3, 0.4) is 0 Å². The zero-order chi connectivity index (χ0) is 14.7. The first-order valence-electron chi connectivity index (χ1n) is 7.13. The van der Waals surface area contributed by atoms with E-state index < -0.39 is 0 Å². The molecule has 0 radical (unpaired) electrons. The number of morpholine rings is 1. The summed E-state index contributed by atoms with van der Waals surface area (Å²) in [4.78, 5) is 14.2. The Kier molecular flexibility index (Phi) is 4.03. The van der Waals surface area contributed by atoms with Crippen LogP contribution in [-0.4, -0.2) is 43.3 Å². The molecular weight excluding hydrogens is 266 g/mol. The van der Waals surface area contributed by atoms with Gasteiger partial charge in [0.05, 0.1) is 24.9 Å². The third-order valence-corrected chi connectivity index (χ3v) is 3.79. The summed E-state index contributed by atoms with van der Waals surface area (Å²) in [6, 6.07) is 13.7. The lowest BCUT2D eigenvalue weighted by molar-refractivity contribution is 0.0188. The number of nitrogens with zero attached hydrogens (tertiary/aromatic N) is 1. The molecule has 2 amide bonds. The second-order valence-corrected chi connectivity index (χ2v) is 5.11. The number of nitrogens with two attached hydrogens (primary N) is 1. The first-order chi connectivity index (χ1) is 10.3. The van der Waals surface area contributed by atoms with Crippen molar-refractivity contribution >= 4 is 22.5 Å². The lowest BCUT2D eigenvalue weighted by Crippen LogP contribution is -2.53. The van der Waals surface area contributed by atoms with Crippen LogP contribution in [0.5, 0.6) is 0 Å². The largest absolute Gasteiger partial charge is 0.377 e. The number of urea groups is 1. The van der Waals surface area contributed by atoms with Crippen LogP contribution in [0, 0.1) is 0 Å². The van der Waals surface area contributed by atoms with Gasteiger partial charge in [-0.3, -0.25) is 0 Å². The number of hydrogen-bond donors (Lipinski definition) is 2. The average Bonchev–Trinajstić information content (AvgIpc) is 2.55. The summed E-state index contributed by atoms with van der Waals surface area (Å²) in [6.07, 6.45) is 0. The van der Waals surface area contributed by atoms with E-state index in [4.69, 9.17) is 10.5 Å². The van der Waals surface area contributed by atoms with Crippen molar-refractivity contribution in [3.05, 3.63) is 42.5 Å². The molecule has 2 aromatic carbocycles. The summed E-state index contributed by atoms with van der Waals surface area (Å²) in [7, 11) is 0. The molecule has 2 aromatic rings. The quantitative estimate of drug-likeness (QED) is 0.887. The van der Waals surface area contributed by atoms with Gasteiger partial charge in [0.25, 0.3) is 0 Å². The van der Waals surface area contributed by atoms with E-state index in [0.29, 0.717) is 26.3 Å². The van der Waals surface area contributed by atoms with E-state index in [2.05, 4.69) is 5.32 Å². The maximum absolute atomic E-state index is 12.5. The third-order valence-electron chi connectivity index (χ3n) is 3.79. The molecule has 1 unspecified atom stereocenters. The molecule has 1 aliphatic rings. The zero-order valence-corrected chi connectivity index (χ0v) is 11.8. The van der Waals surface area contributed by atoms with Gasteiger partial charge in [-0.05, 0) is 11.5 Å². The molecular formula is C16H19N3O2. The van der Waals surface area contributed by atoms with Gasteiger partial charge in [0.15, 0.2) is 0 Å². The van der Waals surface area contributed by atoms with Gasteiger partial charge in [-0.15, -0.1) is 0 Å². The maximum Gasteiger partial charge on any atom is 0.322 e. The van der Waals surface area contributed by atoms with Gasteiger partial charge in [-0.25, -0.2) is 4.79 Å². The van der Waals surface area contributed by atoms with E-state index in [0.717, 1.165) is 16.5 Å². The molecule has 0 aromatic heterocycles. The van der Waals surface area contributed by atoms with Crippen LogP contribution in [-0.2, 0) is 4.74 Å². The Balaban J connectivity index is 1.83. The second kappa shape index (κ2) is 6.11. The highest BCUT2D eigenvalue weighted by Gasteiger charge is 2.26. The summed E-state index contributed by atoms with van der Waals surface area (Å²) < 4.78 is 5.37. The number of rotatable bonds is 2. The average molecular weight is 285 g/mol. The molecule has 1 saturated heterocycles. The fourth-order valence-electron chi connectivity index (χ4n) is 2.64. The summed E-state index contributed by atoms with van der Waals surface area (Å²) in [6.45, 7) is 2.03. The number of fused-ring (bicyclic) bond motifs is 1. The molecule has 1 heterocycles. The first-order valence-corrected chi connectivity index (χ1v) is 7.13. The van der Waals surface area contributed by atoms with Crippen molar-refractivity contribution in [3.8, 4) is 0 Å². The summed E-state index contributed by atoms with van der Waals surface area (Å²) in [5.41, 5.74) is 6.53. The lowest BCUT2D eigenvalue weighted by atomic mass is 10.1. The topological polar surface area (TPSA) is 67.6 Å². The second-order valence-electron chi connectivity index (χ2n) is 5.11. The van der Waals surface area contributed by atoms with Gasteiger partial charge in [0, 0.05) is 18.5 Å². The van der Waals surface area contributed by atoms with Gasteiger partial charge in [-0.1, -0.05) is 36.4 Å². The van der Waals surface area contributed by atoms with Crippen molar-refractivity contribution in [3.63, 3.8) is 0 Å². The number of hydrogen-bond acceptors (Lipinski definition) is 3. The highest BCUT2D eigenvalue weighted by molar-refractivity contribution is 6.01. The number of nitrogens with one attached hydrogen (secondary N) is 1. The number of carbonyl (C=O) groups excluding carboxylic acids is 1. The van der Waals surface area contributed by atoms with E-state index in [1.807, 2.05) is 42.5 Å². The highest BCUT2D eigenvalue weighted by Crippen LogP contribution is 2.23. The van der Waals surface area contributed by atoms with Crippen LogP contribution in [0.15, 0.2) is 42.5 Å². The van der Waals surface area contributed by atoms with E-state index in [1.165, 1.54) is 0 Å². The molecule has 21 heavy (non-hydrogen) atoms. The van der Waals surface area contributed by atoms with Gasteiger partial charge in [0.1, 0.15) is 0 Å². The number of benzene rings is 2. The molecule has 1 atom stereocenters. The maximum atomic E-state index is 12.5.